The number of methoxy groups -OCH3 is 1. The number of piperidine rings is 1. The van der Waals surface area contributed by atoms with E-state index in [9.17, 15) is 5.11 Å². The Morgan fingerprint density at radius 1 is 1.38 bits per heavy atom. The molecule has 0 saturated carbocycles. The van der Waals surface area contributed by atoms with Gasteiger partial charge in [-0.1, -0.05) is 15.9 Å². The van der Waals surface area contributed by atoms with E-state index in [2.05, 4.69) is 44.3 Å². The van der Waals surface area contributed by atoms with E-state index in [0.29, 0.717) is 12.5 Å². The van der Waals surface area contributed by atoms with E-state index in [-0.39, 0.29) is 0 Å². The maximum absolute atomic E-state index is 9.26. The average Bonchev–Trinajstić information content (AvgIpc) is 2.52. The van der Waals surface area contributed by atoms with Crippen molar-refractivity contribution in [1.82, 2.24) is 5.32 Å². The van der Waals surface area contributed by atoms with Crippen LogP contribution in [0.4, 0.5) is 5.69 Å². The van der Waals surface area contributed by atoms with Crippen molar-refractivity contribution in [2.45, 2.75) is 19.4 Å². The molecule has 0 amide bonds. The van der Waals surface area contributed by atoms with Gasteiger partial charge in [-0.05, 0) is 42.5 Å². The molecule has 0 bridgehead atoms. The molecule has 0 spiro atoms. The number of benzene rings is 1. The van der Waals surface area contributed by atoms with E-state index in [1.807, 2.05) is 0 Å². The van der Waals surface area contributed by atoms with Gasteiger partial charge in [0.2, 0.25) is 0 Å². The summed E-state index contributed by atoms with van der Waals surface area (Å²) in [5, 5.41) is 12.7. The molecule has 1 aromatic rings. The van der Waals surface area contributed by atoms with Crippen LogP contribution >= 0.6 is 15.9 Å². The number of rotatable bonds is 7. The molecule has 0 aliphatic carbocycles. The van der Waals surface area contributed by atoms with Gasteiger partial charge in [0.25, 0.3) is 0 Å². The normalized spacial score (nSPS) is 16.4. The fourth-order valence-electron chi connectivity index (χ4n) is 2.76. The van der Waals surface area contributed by atoms with Gasteiger partial charge in [-0.2, -0.15) is 0 Å². The third kappa shape index (κ3) is 4.95. The lowest BCUT2D eigenvalue weighted by molar-refractivity contribution is 0.199. The molecular weight excluding hydrogens is 332 g/mol. The molecule has 118 valence electrons. The summed E-state index contributed by atoms with van der Waals surface area (Å²) < 4.78 is 6.18. The molecule has 1 aliphatic heterocycles. The first kappa shape index (κ1) is 16.7. The largest absolute Gasteiger partial charge is 0.396 e. The number of aliphatic hydroxyl groups is 1. The van der Waals surface area contributed by atoms with Gasteiger partial charge in [-0.3, -0.25) is 0 Å². The number of nitrogens with zero attached hydrogens (tertiary/aromatic N) is 1. The molecular formula is C16H25BrN2O2. The molecule has 0 atom stereocenters. The van der Waals surface area contributed by atoms with Gasteiger partial charge >= 0.3 is 0 Å². The number of ether oxygens (including phenoxy) is 1. The quantitative estimate of drug-likeness (QED) is 0.736. The Balaban J connectivity index is 2.01. The second-order valence-electron chi connectivity index (χ2n) is 5.56. The van der Waals surface area contributed by atoms with E-state index < -0.39 is 0 Å². The third-order valence-corrected chi connectivity index (χ3v) is 4.55. The molecule has 5 heteroatoms. The maximum Gasteiger partial charge on any atom is 0.0587 e. The summed E-state index contributed by atoms with van der Waals surface area (Å²) in [6.07, 6.45) is 2.15. The van der Waals surface area contributed by atoms with Crippen LogP contribution in [-0.2, 0) is 11.3 Å². The number of nitrogens with one attached hydrogen (secondary N) is 1. The Kier molecular flexibility index (Phi) is 6.96. The highest BCUT2D eigenvalue weighted by Crippen LogP contribution is 2.28. The van der Waals surface area contributed by atoms with E-state index >= 15 is 0 Å². The molecule has 0 aromatic heterocycles. The fraction of sp³-hybridized carbons (Fsp3) is 0.625. The van der Waals surface area contributed by atoms with Crippen LogP contribution < -0.4 is 10.2 Å². The van der Waals surface area contributed by atoms with Crippen LogP contribution in [0.3, 0.4) is 0 Å². The highest BCUT2D eigenvalue weighted by atomic mass is 79.9. The highest BCUT2D eigenvalue weighted by molar-refractivity contribution is 9.10. The Morgan fingerprint density at radius 2 is 2.14 bits per heavy atom. The number of anilines is 1. The zero-order valence-corrected chi connectivity index (χ0v) is 14.2. The van der Waals surface area contributed by atoms with E-state index in [1.165, 1.54) is 11.3 Å². The summed E-state index contributed by atoms with van der Waals surface area (Å²) in [4.78, 5) is 2.44. The molecule has 21 heavy (non-hydrogen) atoms. The molecule has 0 radical (unpaired) electrons. The minimum absolute atomic E-state index is 0.319. The Hall–Kier alpha value is -0.620. The van der Waals surface area contributed by atoms with Gasteiger partial charge in [-0.15, -0.1) is 0 Å². The zero-order valence-electron chi connectivity index (χ0n) is 12.6. The Labute approximate surface area is 135 Å². The smallest absolute Gasteiger partial charge is 0.0587 e. The first-order valence-corrected chi connectivity index (χ1v) is 8.37. The van der Waals surface area contributed by atoms with Gasteiger partial charge in [0.15, 0.2) is 0 Å². The van der Waals surface area contributed by atoms with E-state index in [0.717, 1.165) is 50.1 Å². The van der Waals surface area contributed by atoms with Crippen molar-refractivity contribution in [3.05, 3.63) is 28.2 Å². The summed E-state index contributed by atoms with van der Waals surface area (Å²) >= 11 is 3.56. The molecule has 4 nitrogen and oxygen atoms in total. The van der Waals surface area contributed by atoms with E-state index in [1.54, 1.807) is 7.11 Å². The maximum atomic E-state index is 9.26. The van der Waals surface area contributed by atoms with Crippen molar-refractivity contribution in [1.29, 1.82) is 0 Å². The minimum atomic E-state index is 0.319. The van der Waals surface area contributed by atoms with Gasteiger partial charge in [-0.25, -0.2) is 0 Å². The van der Waals surface area contributed by atoms with Crippen LogP contribution in [0.2, 0.25) is 0 Å². The molecule has 1 saturated heterocycles. The SMILES string of the molecule is COCCNCc1cc(Br)ccc1N1CCC(CO)CC1. The van der Waals surface area contributed by atoms with Gasteiger partial charge in [0.05, 0.1) is 6.61 Å². The predicted molar refractivity (Wildman–Crippen MR) is 89.7 cm³/mol. The van der Waals surface area contributed by atoms with Crippen LogP contribution in [0.1, 0.15) is 18.4 Å². The first-order valence-electron chi connectivity index (χ1n) is 7.58. The second-order valence-corrected chi connectivity index (χ2v) is 6.47. The standard InChI is InChI=1S/C16H25BrN2O2/c1-21-9-6-18-11-14-10-15(17)2-3-16(14)19-7-4-13(12-20)5-8-19/h2-3,10,13,18,20H,4-9,11-12H2,1H3. The molecule has 0 unspecified atom stereocenters. The molecule has 1 aliphatic rings. The molecule has 1 fully saturated rings. The predicted octanol–water partition coefficient (Wildman–Crippen LogP) is 2.39. The van der Waals surface area contributed by atoms with Crippen LogP contribution in [0, 0.1) is 5.92 Å². The number of halogens is 1. The topological polar surface area (TPSA) is 44.7 Å². The third-order valence-electron chi connectivity index (χ3n) is 4.05. The summed E-state index contributed by atoms with van der Waals surface area (Å²) in [5.74, 6) is 0.472. The Morgan fingerprint density at radius 3 is 2.81 bits per heavy atom. The van der Waals surface area contributed by atoms with Gasteiger partial charge in [0, 0.05) is 50.1 Å². The number of hydrogen-bond acceptors (Lipinski definition) is 4. The van der Waals surface area contributed by atoms with Crippen LogP contribution in [0.25, 0.3) is 0 Å². The van der Waals surface area contributed by atoms with Crippen molar-refractivity contribution in [2.24, 2.45) is 5.92 Å². The van der Waals surface area contributed by atoms with Crippen LogP contribution in [0.5, 0.6) is 0 Å². The molecule has 1 heterocycles. The molecule has 1 aromatic carbocycles. The van der Waals surface area contributed by atoms with Crippen molar-refractivity contribution < 1.29 is 9.84 Å². The zero-order chi connectivity index (χ0) is 15.1. The molecule has 2 rings (SSSR count). The van der Waals surface area contributed by atoms with Crippen LogP contribution in [-0.4, -0.2) is 45.1 Å². The van der Waals surface area contributed by atoms with Crippen LogP contribution in [0.15, 0.2) is 22.7 Å². The minimum Gasteiger partial charge on any atom is -0.396 e. The second kappa shape index (κ2) is 8.73. The lowest BCUT2D eigenvalue weighted by Crippen LogP contribution is -2.35. The molecule has 2 N–H and O–H groups in total. The van der Waals surface area contributed by atoms with Crippen molar-refractivity contribution in [2.75, 3.05) is 44.9 Å². The lowest BCUT2D eigenvalue weighted by Gasteiger charge is -2.34. The van der Waals surface area contributed by atoms with E-state index in [4.69, 9.17) is 4.74 Å². The van der Waals surface area contributed by atoms with Crippen molar-refractivity contribution in [3.63, 3.8) is 0 Å². The summed E-state index contributed by atoms with van der Waals surface area (Å²) in [7, 11) is 1.72. The Bertz CT molecular complexity index is 434. The monoisotopic (exact) mass is 356 g/mol. The number of aliphatic hydroxyl groups excluding tert-OH is 1. The first-order chi connectivity index (χ1) is 10.2. The van der Waals surface area contributed by atoms with Crippen molar-refractivity contribution in [3.8, 4) is 0 Å². The summed E-state index contributed by atoms with van der Waals surface area (Å²) in [6, 6.07) is 6.48. The summed E-state index contributed by atoms with van der Waals surface area (Å²) in [5.41, 5.74) is 2.61. The van der Waals surface area contributed by atoms with Gasteiger partial charge in [0.1, 0.15) is 0 Å². The van der Waals surface area contributed by atoms with Gasteiger partial charge < -0.3 is 20.1 Å². The van der Waals surface area contributed by atoms with Crippen molar-refractivity contribution >= 4 is 21.6 Å². The number of hydrogen-bond donors (Lipinski definition) is 2. The summed E-state index contributed by atoms with van der Waals surface area (Å²) in [6.45, 7) is 4.80. The lowest BCUT2D eigenvalue weighted by atomic mass is 9.97. The average molecular weight is 357 g/mol. The highest BCUT2D eigenvalue weighted by Gasteiger charge is 2.20. The fourth-order valence-corrected chi connectivity index (χ4v) is 3.17.